The molecule has 1 N–H and O–H groups in total. The van der Waals surface area contributed by atoms with Crippen LogP contribution in [0.4, 0.5) is 0 Å². The van der Waals surface area contributed by atoms with Crippen molar-refractivity contribution in [2.24, 2.45) is 0 Å². The molecule has 0 amide bonds. The average Bonchev–Trinajstić information content (AvgIpc) is 2.50. The summed E-state index contributed by atoms with van der Waals surface area (Å²) in [5.74, 6) is 0.865. The van der Waals surface area contributed by atoms with Crippen LogP contribution in [0.3, 0.4) is 0 Å². The molecule has 1 aromatic rings. The Morgan fingerprint density at radius 2 is 2.13 bits per heavy atom. The third kappa shape index (κ3) is 2.99. The van der Waals surface area contributed by atoms with E-state index in [4.69, 9.17) is 0 Å². The van der Waals surface area contributed by atoms with E-state index in [0.29, 0.717) is 5.25 Å². The Morgan fingerprint density at radius 1 is 1.47 bits per heavy atom. The van der Waals surface area contributed by atoms with E-state index < -0.39 is 5.60 Å². The lowest BCUT2D eigenvalue weighted by atomic mass is 9.92. The molecule has 2 atom stereocenters. The van der Waals surface area contributed by atoms with Gasteiger partial charge in [-0.1, -0.05) is 35.0 Å². The molecule has 0 bridgehead atoms. The molecule has 0 aromatic heterocycles. The largest absolute Gasteiger partial charge is 0.389 e. The van der Waals surface area contributed by atoms with Crippen LogP contribution in [0.1, 0.15) is 18.9 Å². The third-order valence-corrected chi connectivity index (χ3v) is 4.72. The normalized spacial score (nSPS) is 30.7. The zero-order valence-corrected chi connectivity index (χ0v) is 11.1. The maximum absolute atomic E-state index is 10.4. The monoisotopic (exact) mass is 286 g/mol. The maximum atomic E-state index is 10.4. The van der Waals surface area contributed by atoms with Crippen molar-refractivity contribution in [1.29, 1.82) is 0 Å². The number of aliphatic hydroxyl groups is 1. The lowest BCUT2D eigenvalue weighted by Crippen LogP contribution is -2.31. The van der Waals surface area contributed by atoms with Gasteiger partial charge in [0.1, 0.15) is 0 Å². The summed E-state index contributed by atoms with van der Waals surface area (Å²) in [7, 11) is 0. The van der Waals surface area contributed by atoms with Gasteiger partial charge in [-0.15, -0.1) is 0 Å². The summed E-state index contributed by atoms with van der Waals surface area (Å²) in [5.41, 5.74) is 0.730. The minimum Gasteiger partial charge on any atom is -0.389 e. The Bertz CT molecular complexity index is 338. The van der Waals surface area contributed by atoms with Gasteiger partial charge in [0.15, 0.2) is 0 Å². The van der Waals surface area contributed by atoms with Gasteiger partial charge in [0.05, 0.1) is 5.60 Å². The molecule has 3 heteroatoms. The van der Waals surface area contributed by atoms with Crippen LogP contribution in [-0.2, 0) is 6.42 Å². The highest BCUT2D eigenvalue weighted by Gasteiger charge is 2.35. The lowest BCUT2D eigenvalue weighted by molar-refractivity contribution is 0.0642. The molecule has 2 rings (SSSR count). The fourth-order valence-electron chi connectivity index (χ4n) is 2.06. The van der Waals surface area contributed by atoms with Gasteiger partial charge in [0, 0.05) is 21.9 Å². The molecule has 1 aliphatic heterocycles. The van der Waals surface area contributed by atoms with Crippen molar-refractivity contribution >= 4 is 27.7 Å². The molecular weight excluding hydrogens is 272 g/mol. The molecular formula is C12H15BrOS. The summed E-state index contributed by atoms with van der Waals surface area (Å²) < 4.78 is 1.09. The molecule has 0 spiro atoms. The van der Waals surface area contributed by atoms with Crippen molar-refractivity contribution in [2.45, 2.75) is 30.6 Å². The zero-order chi connectivity index (χ0) is 10.9. The second-order valence-corrected chi connectivity index (χ2v) is 6.70. The third-order valence-electron chi connectivity index (χ3n) is 2.75. The highest BCUT2D eigenvalue weighted by molar-refractivity contribution is 9.10. The number of hydrogen-bond donors (Lipinski definition) is 1. The summed E-state index contributed by atoms with van der Waals surface area (Å²) in [6.45, 7) is 2.18. The molecule has 15 heavy (non-hydrogen) atoms. The number of thioether (sulfide) groups is 1. The molecule has 1 aliphatic rings. The van der Waals surface area contributed by atoms with Crippen molar-refractivity contribution in [2.75, 3.05) is 5.75 Å². The molecule has 0 aliphatic carbocycles. The van der Waals surface area contributed by atoms with Crippen LogP contribution in [0, 0.1) is 0 Å². The van der Waals surface area contributed by atoms with E-state index in [-0.39, 0.29) is 0 Å². The summed E-state index contributed by atoms with van der Waals surface area (Å²) >= 11 is 5.28. The van der Waals surface area contributed by atoms with E-state index in [1.54, 1.807) is 0 Å². The number of rotatable bonds is 2. The van der Waals surface area contributed by atoms with E-state index in [1.807, 2.05) is 23.9 Å². The van der Waals surface area contributed by atoms with Crippen molar-refractivity contribution in [3.63, 3.8) is 0 Å². The SMILES string of the molecule is CC1CC(O)(Cc2ccc(Br)cc2)CS1. The van der Waals surface area contributed by atoms with Gasteiger partial charge in [-0.05, 0) is 24.1 Å². The quantitative estimate of drug-likeness (QED) is 0.901. The van der Waals surface area contributed by atoms with Crippen molar-refractivity contribution < 1.29 is 5.11 Å². The van der Waals surface area contributed by atoms with Crippen LogP contribution >= 0.6 is 27.7 Å². The molecule has 2 unspecified atom stereocenters. The first-order chi connectivity index (χ1) is 7.07. The highest BCUT2D eigenvalue weighted by Crippen LogP contribution is 2.36. The Balaban J connectivity index is 2.05. The second kappa shape index (κ2) is 4.48. The van der Waals surface area contributed by atoms with E-state index >= 15 is 0 Å². The number of benzene rings is 1. The standard InChI is InChI=1S/C12H15BrOS/c1-9-6-12(14,8-15-9)7-10-2-4-11(13)5-3-10/h2-5,9,14H,6-8H2,1H3. The summed E-state index contributed by atoms with van der Waals surface area (Å²) in [6, 6.07) is 8.22. The molecule has 1 fully saturated rings. The van der Waals surface area contributed by atoms with E-state index in [2.05, 4.69) is 35.0 Å². The predicted molar refractivity (Wildman–Crippen MR) is 69.3 cm³/mol. The Kier molecular flexibility index (Phi) is 3.43. The van der Waals surface area contributed by atoms with E-state index in [0.717, 1.165) is 23.1 Å². The molecule has 1 saturated heterocycles. The van der Waals surface area contributed by atoms with Crippen LogP contribution in [0.25, 0.3) is 0 Å². The predicted octanol–water partition coefficient (Wildman–Crippen LogP) is 3.25. The molecule has 1 aromatic carbocycles. The summed E-state index contributed by atoms with van der Waals surface area (Å²) in [6.07, 6.45) is 1.69. The van der Waals surface area contributed by atoms with Crippen LogP contribution in [0.15, 0.2) is 28.7 Å². The molecule has 1 heterocycles. The van der Waals surface area contributed by atoms with Gasteiger partial charge in [-0.25, -0.2) is 0 Å². The average molecular weight is 287 g/mol. The molecule has 0 radical (unpaired) electrons. The fourth-order valence-corrected chi connectivity index (χ4v) is 3.56. The first-order valence-corrected chi connectivity index (χ1v) is 7.00. The smallest absolute Gasteiger partial charge is 0.0788 e. The van der Waals surface area contributed by atoms with Crippen molar-refractivity contribution in [3.05, 3.63) is 34.3 Å². The van der Waals surface area contributed by atoms with Crippen LogP contribution in [0.2, 0.25) is 0 Å². The van der Waals surface area contributed by atoms with Crippen LogP contribution in [-0.4, -0.2) is 21.7 Å². The molecule has 1 nitrogen and oxygen atoms in total. The Labute approximate surface area is 103 Å². The zero-order valence-electron chi connectivity index (χ0n) is 8.74. The molecule has 82 valence electrons. The lowest BCUT2D eigenvalue weighted by Gasteiger charge is -2.21. The highest BCUT2D eigenvalue weighted by atomic mass is 79.9. The minimum atomic E-state index is -0.488. The first-order valence-electron chi connectivity index (χ1n) is 5.16. The number of hydrogen-bond acceptors (Lipinski definition) is 2. The summed E-state index contributed by atoms with van der Waals surface area (Å²) in [4.78, 5) is 0. The maximum Gasteiger partial charge on any atom is 0.0788 e. The van der Waals surface area contributed by atoms with Crippen molar-refractivity contribution in [1.82, 2.24) is 0 Å². The minimum absolute atomic E-state index is 0.488. The molecule has 0 saturated carbocycles. The number of halogens is 1. The van der Waals surface area contributed by atoms with Crippen molar-refractivity contribution in [3.8, 4) is 0 Å². The van der Waals surface area contributed by atoms with Gasteiger partial charge in [0.25, 0.3) is 0 Å². The van der Waals surface area contributed by atoms with Gasteiger partial charge in [0.2, 0.25) is 0 Å². The summed E-state index contributed by atoms with van der Waals surface area (Å²) in [5, 5.41) is 10.9. The van der Waals surface area contributed by atoms with Crippen LogP contribution in [0.5, 0.6) is 0 Å². The Hall–Kier alpha value is 0.01000. The first kappa shape index (κ1) is 11.5. The van der Waals surface area contributed by atoms with E-state index in [9.17, 15) is 5.11 Å². The fraction of sp³-hybridized carbons (Fsp3) is 0.500. The Morgan fingerprint density at radius 3 is 2.67 bits per heavy atom. The topological polar surface area (TPSA) is 20.2 Å². The van der Waals surface area contributed by atoms with E-state index in [1.165, 1.54) is 5.56 Å². The second-order valence-electron chi connectivity index (χ2n) is 4.35. The van der Waals surface area contributed by atoms with Gasteiger partial charge < -0.3 is 5.11 Å². The van der Waals surface area contributed by atoms with Gasteiger partial charge in [-0.3, -0.25) is 0 Å². The van der Waals surface area contributed by atoms with Gasteiger partial charge in [-0.2, -0.15) is 11.8 Å². The van der Waals surface area contributed by atoms with Gasteiger partial charge >= 0.3 is 0 Å². The van der Waals surface area contributed by atoms with Crippen LogP contribution < -0.4 is 0 Å².